The second-order valence-electron chi connectivity index (χ2n) is 49.0. The molecule has 1 rings (SSSR count). The predicted molar refractivity (Wildman–Crippen MR) is 671 cm³/mol. The summed E-state index contributed by atoms with van der Waals surface area (Å²) in [6.45, 7) is 91.0. The van der Waals surface area contributed by atoms with Gasteiger partial charge in [0.2, 0.25) is 17.7 Å². The second-order valence-corrected chi connectivity index (χ2v) is 49.0. The summed E-state index contributed by atoms with van der Waals surface area (Å²) in [5, 5.41) is 8.74. The van der Waals surface area contributed by atoms with Crippen LogP contribution >= 0.6 is 94.5 Å². The molecule has 0 unspecified atom stereocenters. The lowest BCUT2D eigenvalue weighted by atomic mass is 9.84. The summed E-state index contributed by atoms with van der Waals surface area (Å²) in [6.07, 6.45) is 25.7. The number of nitrogens with one attached hydrogen (secondary N) is 3. The molecule has 0 saturated carbocycles. The van der Waals surface area contributed by atoms with Gasteiger partial charge in [-0.05, 0) is 210 Å². The Kier molecular flexibility index (Phi) is 124. The lowest BCUT2D eigenvalue weighted by Gasteiger charge is -2.20. The topological polar surface area (TPSA) is 259 Å². The molecule has 147 heavy (non-hydrogen) atoms. The molecule has 0 aliphatic heterocycles. The zero-order valence-corrected chi connectivity index (χ0v) is 109. The molecule has 0 saturated heterocycles. The molecule has 17 nitrogen and oxygen atoms in total. The van der Waals surface area contributed by atoms with Gasteiger partial charge in [0.05, 0.1) is 6.61 Å². The van der Waals surface area contributed by atoms with Gasteiger partial charge in [-0.25, -0.2) is 0 Å². The Morgan fingerprint density at radius 2 is 0.531 bits per heavy atom. The number of carbonyl (C=O) groups is 12. The minimum Gasteiger partial charge on any atom is -0.465 e. The average Bonchev–Trinajstić information content (AvgIpc) is 0.864. The SMILES string of the molecule is C.CC(C)CCC(=O)CCCCC[C@H](CC(C)C)C(=O)C(C)C.CC(C)CCC(=O)Nc1ccc(C[C@H](CC(C)C)C(=O)C(C)C)cc1.CC(C)CCC[C@H](CC(C)C)C(=O)C(C)C.CC(C)CNC(=O)CC[C@H](CC(C)C)C(=O)C(C)C.CC(C)CNC(=O)C[C@H](CC(C)C)C(=O)C(C)C.CC(C)COC(=O)CCCCC[C@H](CC(C)C)C(=O)C(C)C.CC(C)COCC[C@H](CC(C)C)C(=O)C(C)C.S.S.S.S.S.S.S. The highest BCUT2D eigenvalue weighted by Gasteiger charge is 2.30. The highest BCUT2D eigenvalue weighted by Crippen LogP contribution is 2.31. The van der Waals surface area contributed by atoms with Crippen molar-refractivity contribution in [1.29, 1.82) is 0 Å². The summed E-state index contributed by atoms with van der Waals surface area (Å²) in [5.41, 5.74) is 1.98. The summed E-state index contributed by atoms with van der Waals surface area (Å²) in [6, 6.07) is 7.93. The van der Waals surface area contributed by atoms with Crippen molar-refractivity contribution >= 4 is 170 Å². The molecule has 0 aliphatic rings. The predicted octanol–water partition coefficient (Wildman–Crippen LogP) is 32.9. The molecule has 1 aromatic rings. The molecule has 0 spiro atoms. The number of carbonyl (C=O) groups excluding carboxylic acids is 12. The van der Waals surface area contributed by atoms with Gasteiger partial charge in [-0.2, -0.15) is 94.5 Å². The first-order chi connectivity index (χ1) is 64.3. The quantitative estimate of drug-likeness (QED) is 0.0405. The Bertz CT molecular complexity index is 3300. The summed E-state index contributed by atoms with van der Waals surface area (Å²) in [4.78, 5) is 144. The van der Waals surface area contributed by atoms with E-state index >= 15 is 0 Å². The molecular weight excluding hydrogens is 1970 g/mol. The van der Waals surface area contributed by atoms with Gasteiger partial charge >= 0.3 is 5.97 Å². The number of esters is 1. The molecule has 0 heterocycles. The normalized spacial score (nSPS) is 12.5. The number of rotatable bonds is 69. The minimum atomic E-state index is -0.128. The number of benzene rings is 1. The van der Waals surface area contributed by atoms with E-state index in [9.17, 15) is 57.5 Å². The van der Waals surface area contributed by atoms with E-state index < -0.39 is 0 Å². The van der Waals surface area contributed by atoms with Crippen LogP contribution in [0.25, 0.3) is 0 Å². The van der Waals surface area contributed by atoms with Gasteiger partial charge in [0.1, 0.15) is 46.3 Å². The molecule has 0 aliphatic carbocycles. The van der Waals surface area contributed by atoms with Crippen molar-refractivity contribution in [3.8, 4) is 0 Å². The number of Topliss-reactive ketones (excluding diaryl/α,β-unsaturated/α-hetero) is 8. The largest absolute Gasteiger partial charge is 0.465 e. The van der Waals surface area contributed by atoms with Crippen molar-refractivity contribution in [2.75, 3.05) is 38.2 Å². The molecule has 0 radical (unpaired) electrons. The monoisotopic (exact) mass is 2210 g/mol. The van der Waals surface area contributed by atoms with Crippen LogP contribution in [0.15, 0.2) is 24.3 Å². The molecule has 3 N–H and O–H groups in total. The third kappa shape index (κ3) is 108. The Balaban J connectivity index is -0.000000116. The Labute approximate surface area is 958 Å². The molecule has 1 aromatic carbocycles. The fraction of sp³-hybridized carbons (Fsp3) is 0.854. The molecule has 0 aromatic heterocycles. The maximum Gasteiger partial charge on any atom is 0.305 e. The maximum atomic E-state index is 12.5. The highest BCUT2D eigenvalue weighted by atomic mass is 32.1. The number of unbranched alkanes of at least 4 members (excludes halogenated alkanes) is 4. The van der Waals surface area contributed by atoms with E-state index in [1.165, 1.54) is 12.8 Å². The van der Waals surface area contributed by atoms with Gasteiger partial charge in [-0.15, -0.1) is 0 Å². The molecule has 880 valence electrons. The van der Waals surface area contributed by atoms with Crippen molar-refractivity contribution in [3.63, 3.8) is 0 Å². The van der Waals surface area contributed by atoms with Gasteiger partial charge in [0.15, 0.2) is 0 Å². The number of hydrogen-bond acceptors (Lipinski definition) is 14. The van der Waals surface area contributed by atoms with Crippen LogP contribution in [-0.2, 0) is 73.4 Å². The lowest BCUT2D eigenvalue weighted by molar-refractivity contribution is -0.145. The average molecular weight is 2220 g/mol. The van der Waals surface area contributed by atoms with Crippen LogP contribution in [-0.4, -0.2) is 103 Å². The van der Waals surface area contributed by atoms with Gasteiger partial charge < -0.3 is 25.4 Å². The van der Waals surface area contributed by atoms with E-state index in [4.69, 9.17) is 9.47 Å². The third-order valence-corrected chi connectivity index (χ3v) is 24.2. The number of hydrogen-bond donors (Lipinski definition) is 3. The van der Waals surface area contributed by atoms with E-state index in [-0.39, 0.29) is 208 Å². The molecule has 0 fully saturated rings. The van der Waals surface area contributed by atoms with Crippen LogP contribution < -0.4 is 16.0 Å². The van der Waals surface area contributed by atoms with Crippen molar-refractivity contribution < 1.29 is 67.0 Å². The van der Waals surface area contributed by atoms with Crippen LogP contribution in [0.4, 0.5) is 5.69 Å². The summed E-state index contributed by atoms with van der Waals surface area (Å²) < 4.78 is 10.7. The Morgan fingerprint density at radius 3 is 0.857 bits per heavy atom. The van der Waals surface area contributed by atoms with Crippen LogP contribution in [0, 0.1) is 166 Å². The number of amides is 3. The first-order valence-electron chi connectivity index (χ1n) is 56.2. The van der Waals surface area contributed by atoms with Crippen molar-refractivity contribution in [3.05, 3.63) is 29.8 Å². The lowest BCUT2D eigenvalue weighted by Crippen LogP contribution is -2.32. The van der Waals surface area contributed by atoms with E-state index in [2.05, 4.69) is 196 Å². The first kappa shape index (κ1) is 174. The Hall–Kier alpha value is -3.13. The number of ether oxygens (including phenoxy) is 2. The van der Waals surface area contributed by atoms with Gasteiger partial charge in [0, 0.05) is 153 Å². The summed E-state index contributed by atoms with van der Waals surface area (Å²) in [5.74, 6) is 12.1. The zero-order chi connectivity index (χ0) is 109. The minimum absolute atomic E-state index is 0. The van der Waals surface area contributed by atoms with Crippen LogP contribution in [0.5, 0.6) is 0 Å². The van der Waals surface area contributed by atoms with Gasteiger partial charge in [-0.1, -0.05) is 349 Å². The smallest absolute Gasteiger partial charge is 0.305 e. The fourth-order valence-corrected chi connectivity index (χ4v) is 16.7. The first-order valence-corrected chi connectivity index (χ1v) is 56.2. The molecule has 0 bridgehead atoms. The summed E-state index contributed by atoms with van der Waals surface area (Å²) in [7, 11) is 0. The molecule has 24 heteroatoms. The zero-order valence-electron chi connectivity index (χ0n) is 102. The van der Waals surface area contributed by atoms with Crippen LogP contribution in [0.1, 0.15) is 484 Å². The molecular formula is C123H247N3O14S7. The van der Waals surface area contributed by atoms with Gasteiger partial charge in [0.25, 0.3) is 0 Å². The van der Waals surface area contributed by atoms with Crippen molar-refractivity contribution in [2.24, 2.45) is 166 Å². The fourth-order valence-electron chi connectivity index (χ4n) is 16.7. The summed E-state index contributed by atoms with van der Waals surface area (Å²) >= 11 is 0. The number of ketones is 8. The second kappa shape index (κ2) is 105. The number of anilines is 1. The van der Waals surface area contributed by atoms with Crippen LogP contribution in [0.2, 0.25) is 0 Å². The molecule has 3 amide bonds. The van der Waals surface area contributed by atoms with Crippen molar-refractivity contribution in [2.45, 2.75) is 484 Å². The van der Waals surface area contributed by atoms with Gasteiger partial charge in [-0.3, -0.25) is 57.5 Å². The van der Waals surface area contributed by atoms with Crippen molar-refractivity contribution in [1.82, 2.24) is 10.6 Å². The highest BCUT2D eigenvalue weighted by molar-refractivity contribution is 7.60. The van der Waals surface area contributed by atoms with E-state index in [1.54, 1.807) is 0 Å². The standard InChI is InChI=1S/C22H35NO2.C20H38O2.C19H36O3.C16H31NO2.C15H29NO2.C15H30O2.C15H30O.CH4.7H2S/c1-15(2)7-12-21(24)23-20-10-8-18(9-11-20)14-19(13-16(3)4)22(25)17(5)6;1-15(2)12-13-19(21)11-9-7-8-10-18(14-16(3)4)20(22)17(5)6;1-14(2)12-17(19(21)16(5)6)10-8-7-9-11-18(20)22-13-15(3)4;1-11(2)9-14(16(19)13(5)6)7-8-15(18)17-10-12(3)4;1-10(2)7-13(15(18)12(5)6)8-14(17)16-9-11(3)4;1-11(2)9-14(15(16)13(5)6)7-8-17-10-12(3)4;1-11(2)8-7-9-14(10-12(3)4)15(16)13(5)6;;;;;;;;/h8-11,15-17,19H,7,12-14H2,1-6H3,(H,23,24);15-18H,7-14H2,1-6H3;14-17H,7-13H2,1-6H3;11-14H,7-10H2,1-6H3,(H,17,18);10-13H,7-9H2,1-6H3,(H,16,17);11-14H,7-10H2,1-6H3;11-14H,7-10H2,1-6H3;1H4;7*1H2/t19-;18-;17-;14-;13-;2*14-;;;;;;;;/m0111011......../s1. The van der Waals surface area contributed by atoms with E-state index in [1.807, 2.05) is 135 Å². The van der Waals surface area contributed by atoms with E-state index in [0.717, 1.165) is 165 Å². The van der Waals surface area contributed by atoms with Crippen LogP contribution in [0.3, 0.4) is 0 Å². The maximum absolute atomic E-state index is 12.5. The molecule has 7 atom stereocenters. The third-order valence-electron chi connectivity index (χ3n) is 24.2. The Morgan fingerprint density at radius 1 is 0.245 bits per heavy atom. The van der Waals surface area contributed by atoms with E-state index in [0.29, 0.717) is 182 Å².